The summed E-state index contributed by atoms with van der Waals surface area (Å²) in [6, 6.07) is 7.45. The highest BCUT2D eigenvalue weighted by Gasteiger charge is 2.52. The van der Waals surface area contributed by atoms with Gasteiger partial charge in [-0.1, -0.05) is 0 Å². The van der Waals surface area contributed by atoms with Crippen molar-refractivity contribution in [2.45, 2.75) is 18.4 Å². The normalized spacial score (nSPS) is 31.9. The van der Waals surface area contributed by atoms with Crippen LogP contribution in [0.4, 0.5) is 5.69 Å². The molecular formula is C15H20N2O3. The number of anilines is 1. The summed E-state index contributed by atoms with van der Waals surface area (Å²) in [6.07, 6.45) is 1.91. The minimum absolute atomic E-state index is 0.201. The molecule has 1 atom stereocenters. The number of hydrogen-bond acceptors (Lipinski definition) is 4. The number of carbonyl (C=O) groups is 1. The second-order valence-corrected chi connectivity index (χ2v) is 5.68. The third-order valence-electron chi connectivity index (χ3n) is 4.60. The molecule has 4 rings (SSSR count). The molecule has 0 amide bonds. The van der Waals surface area contributed by atoms with Crippen LogP contribution in [0.15, 0.2) is 24.3 Å². The number of methoxy groups -OCH3 is 1. The Labute approximate surface area is 118 Å². The first kappa shape index (κ1) is 13.2. The van der Waals surface area contributed by atoms with E-state index in [-0.39, 0.29) is 5.92 Å². The van der Waals surface area contributed by atoms with E-state index in [9.17, 15) is 9.90 Å². The molecule has 1 unspecified atom stereocenters. The predicted molar refractivity (Wildman–Crippen MR) is 76.1 cm³/mol. The lowest BCUT2D eigenvalue weighted by Gasteiger charge is -2.51. The van der Waals surface area contributed by atoms with Gasteiger partial charge in [-0.15, -0.1) is 0 Å². The number of carboxylic acid groups (broad SMARTS) is 1. The van der Waals surface area contributed by atoms with Crippen LogP contribution in [0.5, 0.6) is 5.75 Å². The lowest BCUT2D eigenvalue weighted by atomic mass is 9.72. The van der Waals surface area contributed by atoms with Crippen molar-refractivity contribution in [2.75, 3.05) is 32.1 Å². The molecule has 0 spiro atoms. The molecule has 3 heterocycles. The van der Waals surface area contributed by atoms with E-state index >= 15 is 0 Å². The molecule has 0 aromatic heterocycles. The zero-order valence-corrected chi connectivity index (χ0v) is 11.6. The first-order valence-corrected chi connectivity index (χ1v) is 7.02. The number of piperidine rings is 3. The Hall–Kier alpha value is -1.75. The number of benzene rings is 1. The summed E-state index contributed by atoms with van der Waals surface area (Å²) in [5, 5.41) is 13.0. The number of nitrogens with one attached hydrogen (secondary N) is 1. The summed E-state index contributed by atoms with van der Waals surface area (Å²) < 4.78 is 5.13. The smallest absolute Gasteiger partial charge is 0.330 e. The second-order valence-electron chi connectivity index (χ2n) is 5.68. The highest BCUT2D eigenvalue weighted by molar-refractivity contribution is 5.84. The van der Waals surface area contributed by atoms with Gasteiger partial charge in [-0.2, -0.15) is 0 Å². The standard InChI is InChI=1S/C15H20N2O3/c1-20-13-4-2-12(3-5-13)16-15(14(18)19)10-17-8-6-11(15)7-9-17/h2-5,11,16H,6-10H2,1H3,(H,18,19). The van der Waals surface area contributed by atoms with Gasteiger partial charge >= 0.3 is 5.97 Å². The number of carboxylic acids is 1. The third kappa shape index (κ3) is 2.12. The zero-order valence-electron chi connectivity index (χ0n) is 11.6. The molecule has 3 aliphatic rings. The topological polar surface area (TPSA) is 61.8 Å². The Bertz CT molecular complexity index is 494. The summed E-state index contributed by atoms with van der Waals surface area (Å²) in [4.78, 5) is 14.1. The molecule has 1 aromatic carbocycles. The van der Waals surface area contributed by atoms with Gasteiger partial charge in [0.25, 0.3) is 0 Å². The number of nitrogens with zero attached hydrogens (tertiary/aromatic N) is 1. The maximum absolute atomic E-state index is 11.9. The van der Waals surface area contributed by atoms with Crippen molar-refractivity contribution in [3.63, 3.8) is 0 Å². The molecule has 3 saturated heterocycles. The SMILES string of the molecule is COc1ccc(NC2(C(=O)O)CN3CCC2CC3)cc1. The highest BCUT2D eigenvalue weighted by atomic mass is 16.5. The largest absolute Gasteiger partial charge is 0.497 e. The molecule has 0 aliphatic carbocycles. The van der Waals surface area contributed by atoms with Crippen molar-refractivity contribution in [2.24, 2.45) is 5.92 Å². The fourth-order valence-corrected chi connectivity index (χ4v) is 3.43. The van der Waals surface area contributed by atoms with Crippen molar-refractivity contribution in [1.82, 2.24) is 4.90 Å². The van der Waals surface area contributed by atoms with Gasteiger partial charge in [-0.3, -0.25) is 0 Å². The molecule has 3 aliphatic heterocycles. The van der Waals surface area contributed by atoms with E-state index in [4.69, 9.17) is 4.74 Å². The average molecular weight is 276 g/mol. The van der Waals surface area contributed by atoms with E-state index in [1.54, 1.807) is 7.11 Å². The summed E-state index contributed by atoms with van der Waals surface area (Å²) >= 11 is 0. The van der Waals surface area contributed by atoms with Crippen molar-refractivity contribution < 1.29 is 14.6 Å². The molecule has 1 aromatic rings. The molecule has 3 fully saturated rings. The number of hydrogen-bond donors (Lipinski definition) is 2. The van der Waals surface area contributed by atoms with E-state index in [1.807, 2.05) is 24.3 Å². The summed E-state index contributed by atoms with van der Waals surface area (Å²) in [7, 11) is 1.62. The predicted octanol–water partition coefficient (Wildman–Crippen LogP) is 1.66. The van der Waals surface area contributed by atoms with Crippen LogP contribution in [-0.4, -0.2) is 48.3 Å². The Morgan fingerprint density at radius 3 is 2.45 bits per heavy atom. The summed E-state index contributed by atoms with van der Waals surface area (Å²) in [5.41, 5.74) is -0.0209. The molecule has 5 nitrogen and oxygen atoms in total. The van der Waals surface area contributed by atoms with Crippen molar-refractivity contribution in [1.29, 1.82) is 0 Å². The van der Waals surface area contributed by atoms with Gasteiger partial charge in [0.2, 0.25) is 0 Å². The van der Waals surface area contributed by atoms with Crippen LogP contribution in [-0.2, 0) is 4.79 Å². The van der Waals surface area contributed by atoms with Crippen LogP contribution in [0.2, 0.25) is 0 Å². The fraction of sp³-hybridized carbons (Fsp3) is 0.533. The van der Waals surface area contributed by atoms with Gasteiger partial charge in [0, 0.05) is 12.2 Å². The summed E-state index contributed by atoms with van der Waals surface area (Å²) in [6.45, 7) is 2.62. The van der Waals surface area contributed by atoms with Crippen LogP contribution in [0.25, 0.3) is 0 Å². The van der Waals surface area contributed by atoms with Crippen LogP contribution in [0.1, 0.15) is 12.8 Å². The molecule has 20 heavy (non-hydrogen) atoms. The highest BCUT2D eigenvalue weighted by Crippen LogP contribution is 2.38. The van der Waals surface area contributed by atoms with Gasteiger partial charge in [-0.25, -0.2) is 4.79 Å². The number of fused-ring (bicyclic) bond motifs is 3. The Kier molecular flexibility index (Phi) is 3.30. The van der Waals surface area contributed by atoms with Gasteiger partial charge in [0.05, 0.1) is 7.11 Å². The van der Waals surface area contributed by atoms with E-state index in [0.29, 0.717) is 6.54 Å². The van der Waals surface area contributed by atoms with E-state index in [2.05, 4.69) is 10.2 Å². The monoisotopic (exact) mass is 276 g/mol. The van der Waals surface area contributed by atoms with Crippen molar-refractivity contribution >= 4 is 11.7 Å². The van der Waals surface area contributed by atoms with Gasteiger partial charge in [-0.05, 0) is 56.1 Å². The molecule has 108 valence electrons. The number of aliphatic carboxylic acids is 1. The van der Waals surface area contributed by atoms with Crippen molar-refractivity contribution in [3.05, 3.63) is 24.3 Å². The van der Waals surface area contributed by atoms with Gasteiger partial charge < -0.3 is 20.1 Å². The number of ether oxygens (including phenoxy) is 1. The average Bonchev–Trinajstić information content (AvgIpc) is 2.49. The molecule has 5 heteroatoms. The zero-order chi connectivity index (χ0) is 14.2. The van der Waals surface area contributed by atoms with E-state index < -0.39 is 11.5 Å². The number of rotatable bonds is 4. The Morgan fingerprint density at radius 1 is 1.35 bits per heavy atom. The maximum Gasteiger partial charge on any atom is 0.330 e. The van der Waals surface area contributed by atoms with Gasteiger partial charge in [0.1, 0.15) is 5.75 Å². The molecule has 0 radical (unpaired) electrons. The fourth-order valence-electron chi connectivity index (χ4n) is 3.43. The molecular weight excluding hydrogens is 256 g/mol. The van der Waals surface area contributed by atoms with E-state index in [1.165, 1.54) is 0 Å². The minimum atomic E-state index is -0.856. The quantitative estimate of drug-likeness (QED) is 0.875. The van der Waals surface area contributed by atoms with Crippen LogP contribution < -0.4 is 10.1 Å². The first-order chi connectivity index (χ1) is 9.64. The lowest BCUT2D eigenvalue weighted by Crippen LogP contribution is -2.66. The van der Waals surface area contributed by atoms with Crippen LogP contribution >= 0.6 is 0 Å². The lowest BCUT2D eigenvalue weighted by molar-refractivity contribution is -0.149. The Morgan fingerprint density at radius 2 is 2.00 bits per heavy atom. The second kappa shape index (κ2) is 4.98. The summed E-state index contributed by atoms with van der Waals surface area (Å²) in [5.74, 6) is 0.226. The maximum atomic E-state index is 11.9. The van der Waals surface area contributed by atoms with E-state index in [0.717, 1.165) is 37.4 Å². The first-order valence-electron chi connectivity index (χ1n) is 7.02. The molecule has 2 bridgehead atoms. The molecule has 2 N–H and O–H groups in total. The van der Waals surface area contributed by atoms with Gasteiger partial charge in [0.15, 0.2) is 5.54 Å². The third-order valence-corrected chi connectivity index (χ3v) is 4.60. The van der Waals surface area contributed by atoms with Crippen LogP contribution in [0, 0.1) is 5.92 Å². The minimum Gasteiger partial charge on any atom is -0.497 e. The Balaban J connectivity index is 1.86. The van der Waals surface area contributed by atoms with Crippen LogP contribution in [0.3, 0.4) is 0 Å². The van der Waals surface area contributed by atoms with Crippen molar-refractivity contribution in [3.8, 4) is 5.75 Å². The molecule has 0 saturated carbocycles.